The maximum Gasteiger partial charge on any atom is 0.313 e. The third kappa shape index (κ3) is 4.73. The highest BCUT2D eigenvalue weighted by molar-refractivity contribution is 5.75. The number of likely N-dealkylation sites (tertiary alicyclic amines) is 4. The van der Waals surface area contributed by atoms with E-state index in [1.54, 1.807) is 0 Å². The Kier molecular flexibility index (Phi) is 8.96. The van der Waals surface area contributed by atoms with Crippen LogP contribution in [0.3, 0.4) is 0 Å². The molecule has 0 spiro atoms. The van der Waals surface area contributed by atoms with Gasteiger partial charge in [0.25, 0.3) is 6.04 Å². The molecule has 0 aromatic rings. The molecule has 0 aromatic heterocycles. The molecule has 40 heavy (non-hydrogen) atoms. The van der Waals surface area contributed by atoms with E-state index in [1.807, 2.05) is 12.2 Å². The quantitative estimate of drug-likeness (QED) is 0.282. The Morgan fingerprint density at radius 2 is 1.10 bits per heavy atom. The van der Waals surface area contributed by atoms with Gasteiger partial charge in [0.15, 0.2) is 5.66 Å². The van der Waals surface area contributed by atoms with Gasteiger partial charge in [0.05, 0.1) is 0 Å². The zero-order valence-electron chi connectivity index (χ0n) is 25.3. The molecule has 0 bridgehead atoms. The molecule has 4 heterocycles. The number of rotatable bonds is 6. The fourth-order valence-corrected chi connectivity index (χ4v) is 9.59. The standard InChI is InChI=1S/C31H53N5O4/c1-23-13-5-9-19-32(23)30(33-20-10-6-14-24(33)2)18-17-27(36(39)40)31(28(30)29(37)38,34-21-11-7-15-25(34)3)35-22-12-8-16-26(35)4/h17-18,23-28H,5-16,19-22H2,1-4H3,(H,37,38). The molecule has 0 radical (unpaired) electrons. The summed E-state index contributed by atoms with van der Waals surface area (Å²) >= 11 is 0. The second kappa shape index (κ2) is 12.0. The first-order valence-electron chi connectivity index (χ1n) is 16.3. The Hall–Kier alpha value is -1.55. The van der Waals surface area contributed by atoms with Gasteiger partial charge in [0.2, 0.25) is 0 Å². The van der Waals surface area contributed by atoms with Crippen molar-refractivity contribution in [1.82, 2.24) is 19.6 Å². The minimum absolute atomic E-state index is 0.0777. The van der Waals surface area contributed by atoms with Gasteiger partial charge in [-0.25, -0.2) is 0 Å². The van der Waals surface area contributed by atoms with Crippen molar-refractivity contribution in [2.45, 2.75) is 146 Å². The second-order valence-electron chi connectivity index (χ2n) is 13.6. The van der Waals surface area contributed by atoms with Crippen LogP contribution in [0.25, 0.3) is 0 Å². The lowest BCUT2D eigenvalue weighted by Crippen LogP contribution is -2.85. The molecular formula is C31H53N5O4. The molecule has 226 valence electrons. The van der Waals surface area contributed by atoms with E-state index in [4.69, 9.17) is 0 Å². The SMILES string of the molecule is CC1CCCCN1C1(N2CCCCC2C)C=CC([N+](=O)[O-])C(N2CCCCC2C)(N2CCCCC2C)C1C(=O)O. The molecule has 1 aliphatic carbocycles. The van der Waals surface area contributed by atoms with Crippen LogP contribution in [0.4, 0.5) is 0 Å². The lowest BCUT2D eigenvalue weighted by Gasteiger charge is -2.67. The minimum atomic E-state index is -1.25. The van der Waals surface area contributed by atoms with Crippen molar-refractivity contribution in [2.75, 3.05) is 26.2 Å². The number of carboxylic acids is 1. The first kappa shape index (κ1) is 29.9. The summed E-state index contributed by atoms with van der Waals surface area (Å²) < 4.78 is 0. The van der Waals surface area contributed by atoms with Gasteiger partial charge in [0.1, 0.15) is 11.6 Å². The molecule has 0 saturated carbocycles. The number of nitrogens with zero attached hydrogens (tertiary/aromatic N) is 5. The van der Waals surface area contributed by atoms with Crippen molar-refractivity contribution >= 4 is 5.97 Å². The van der Waals surface area contributed by atoms with E-state index in [-0.39, 0.29) is 29.1 Å². The number of carboxylic acid groups (broad SMARTS) is 1. The van der Waals surface area contributed by atoms with Gasteiger partial charge >= 0.3 is 5.97 Å². The molecule has 5 rings (SSSR count). The molecule has 4 saturated heterocycles. The van der Waals surface area contributed by atoms with E-state index in [0.717, 1.165) is 90.1 Å². The topological polar surface area (TPSA) is 93.4 Å². The van der Waals surface area contributed by atoms with E-state index in [1.165, 1.54) is 0 Å². The van der Waals surface area contributed by atoms with Crippen LogP contribution in [0.5, 0.6) is 0 Å². The van der Waals surface area contributed by atoms with Crippen LogP contribution < -0.4 is 0 Å². The van der Waals surface area contributed by atoms with E-state index in [9.17, 15) is 20.0 Å². The maximum absolute atomic E-state index is 14.2. The third-order valence-corrected chi connectivity index (χ3v) is 11.3. The highest BCUT2D eigenvalue weighted by atomic mass is 16.6. The molecule has 0 aromatic carbocycles. The number of hydrogen-bond donors (Lipinski definition) is 1. The summed E-state index contributed by atoms with van der Waals surface area (Å²) in [7, 11) is 0. The fourth-order valence-electron chi connectivity index (χ4n) is 9.59. The van der Waals surface area contributed by atoms with Crippen molar-refractivity contribution < 1.29 is 14.8 Å². The summed E-state index contributed by atoms with van der Waals surface area (Å²) in [6, 6.07) is -0.542. The number of aliphatic carboxylic acids is 1. The Balaban J connectivity index is 1.84. The van der Waals surface area contributed by atoms with Crippen molar-refractivity contribution in [1.29, 1.82) is 0 Å². The molecular weight excluding hydrogens is 506 g/mol. The van der Waals surface area contributed by atoms with Gasteiger partial charge < -0.3 is 5.11 Å². The highest BCUT2D eigenvalue weighted by Gasteiger charge is 2.73. The second-order valence-corrected chi connectivity index (χ2v) is 13.6. The fraction of sp³-hybridized carbons (Fsp3) is 0.903. The van der Waals surface area contributed by atoms with E-state index < -0.39 is 29.3 Å². The lowest BCUT2D eigenvalue weighted by atomic mass is 9.65. The average Bonchev–Trinajstić information content (AvgIpc) is 2.93. The molecule has 6 unspecified atom stereocenters. The van der Waals surface area contributed by atoms with Gasteiger partial charge in [-0.1, -0.05) is 25.7 Å². The van der Waals surface area contributed by atoms with Crippen molar-refractivity contribution in [3.63, 3.8) is 0 Å². The van der Waals surface area contributed by atoms with Crippen LogP contribution in [-0.4, -0.2) is 103 Å². The summed E-state index contributed by atoms with van der Waals surface area (Å²) in [5, 5.41) is 24.8. The minimum Gasteiger partial charge on any atom is -0.481 e. The molecule has 5 aliphatic rings. The van der Waals surface area contributed by atoms with Gasteiger partial charge in [-0.05, 0) is 91.2 Å². The van der Waals surface area contributed by atoms with Crippen LogP contribution in [0.2, 0.25) is 0 Å². The largest absolute Gasteiger partial charge is 0.481 e. The van der Waals surface area contributed by atoms with Crippen LogP contribution >= 0.6 is 0 Å². The Morgan fingerprint density at radius 3 is 1.43 bits per heavy atom. The van der Waals surface area contributed by atoms with Gasteiger partial charge in [-0.3, -0.25) is 34.5 Å². The molecule has 9 heteroatoms. The third-order valence-electron chi connectivity index (χ3n) is 11.3. The lowest BCUT2D eigenvalue weighted by molar-refractivity contribution is -0.543. The Morgan fingerprint density at radius 1 is 0.725 bits per heavy atom. The molecule has 4 aliphatic heterocycles. The van der Waals surface area contributed by atoms with E-state index in [0.29, 0.717) is 13.1 Å². The van der Waals surface area contributed by atoms with Crippen LogP contribution in [0.1, 0.15) is 105 Å². The smallest absolute Gasteiger partial charge is 0.313 e. The number of carbonyl (C=O) groups is 1. The molecule has 6 atom stereocenters. The molecule has 0 amide bonds. The average molecular weight is 560 g/mol. The van der Waals surface area contributed by atoms with Gasteiger partial charge in [-0.2, -0.15) is 0 Å². The maximum atomic E-state index is 14.2. The Bertz CT molecular complexity index is 914. The zero-order valence-corrected chi connectivity index (χ0v) is 25.3. The zero-order chi connectivity index (χ0) is 28.7. The summed E-state index contributed by atoms with van der Waals surface area (Å²) in [6.45, 7) is 11.9. The predicted octanol–water partition coefficient (Wildman–Crippen LogP) is 4.79. The summed E-state index contributed by atoms with van der Waals surface area (Å²) in [5.74, 6) is -1.87. The monoisotopic (exact) mass is 559 g/mol. The van der Waals surface area contributed by atoms with Gasteiger partial charge in [0, 0.05) is 55.3 Å². The van der Waals surface area contributed by atoms with Crippen molar-refractivity contribution in [3.8, 4) is 0 Å². The van der Waals surface area contributed by atoms with E-state index >= 15 is 0 Å². The van der Waals surface area contributed by atoms with E-state index in [2.05, 4.69) is 47.3 Å². The van der Waals surface area contributed by atoms with Gasteiger partial charge in [-0.15, -0.1) is 0 Å². The van der Waals surface area contributed by atoms with Crippen molar-refractivity contribution in [2.24, 2.45) is 5.92 Å². The van der Waals surface area contributed by atoms with Crippen molar-refractivity contribution in [3.05, 3.63) is 22.3 Å². The number of nitro groups is 1. The molecule has 1 N–H and O–H groups in total. The summed E-state index contributed by atoms with van der Waals surface area (Å²) in [5.41, 5.74) is -2.18. The summed E-state index contributed by atoms with van der Waals surface area (Å²) in [4.78, 5) is 36.8. The molecule has 9 nitrogen and oxygen atoms in total. The molecule has 4 fully saturated rings. The van der Waals surface area contributed by atoms with Crippen LogP contribution in [-0.2, 0) is 4.79 Å². The normalized spacial score (nSPS) is 43.0. The van der Waals surface area contributed by atoms with Crippen LogP contribution in [0, 0.1) is 16.0 Å². The highest BCUT2D eigenvalue weighted by Crippen LogP contribution is 2.53. The first-order chi connectivity index (χ1) is 19.2. The first-order valence-corrected chi connectivity index (χ1v) is 16.3. The number of piperidine rings is 4. The number of hydrogen-bond acceptors (Lipinski definition) is 7. The van der Waals surface area contributed by atoms with Crippen LogP contribution in [0.15, 0.2) is 12.2 Å². The predicted molar refractivity (Wildman–Crippen MR) is 157 cm³/mol. The Labute approximate surface area is 241 Å². The summed E-state index contributed by atoms with van der Waals surface area (Å²) in [6.07, 6.45) is 16.2.